The SMILES string of the molecule is CCC1(CNC)CCN(C)C1. The summed E-state index contributed by atoms with van der Waals surface area (Å²) in [6.07, 6.45) is 2.67. The summed E-state index contributed by atoms with van der Waals surface area (Å²) in [5.41, 5.74) is 0.573. The summed E-state index contributed by atoms with van der Waals surface area (Å²) in [5, 5.41) is 3.30. The topological polar surface area (TPSA) is 15.3 Å². The minimum absolute atomic E-state index is 0.573. The van der Waals surface area contributed by atoms with Gasteiger partial charge in [-0.15, -0.1) is 0 Å². The fourth-order valence-corrected chi connectivity index (χ4v) is 2.09. The standard InChI is InChI=1S/C9H20N2/c1-4-9(7-10-2)5-6-11(3)8-9/h10H,4-8H2,1-3H3. The molecule has 11 heavy (non-hydrogen) atoms. The minimum atomic E-state index is 0.573. The van der Waals surface area contributed by atoms with Crippen LogP contribution in [0.25, 0.3) is 0 Å². The van der Waals surface area contributed by atoms with Crippen molar-refractivity contribution in [1.82, 2.24) is 10.2 Å². The second kappa shape index (κ2) is 3.55. The molecule has 2 heteroatoms. The number of nitrogens with zero attached hydrogens (tertiary/aromatic N) is 1. The van der Waals surface area contributed by atoms with Gasteiger partial charge in [0, 0.05) is 13.1 Å². The van der Waals surface area contributed by atoms with Gasteiger partial charge in [0.15, 0.2) is 0 Å². The van der Waals surface area contributed by atoms with E-state index in [1.54, 1.807) is 0 Å². The van der Waals surface area contributed by atoms with E-state index in [-0.39, 0.29) is 0 Å². The first-order valence-electron chi connectivity index (χ1n) is 4.55. The van der Waals surface area contributed by atoms with Gasteiger partial charge in [0.2, 0.25) is 0 Å². The molecule has 0 aromatic heterocycles. The quantitative estimate of drug-likeness (QED) is 0.654. The second-order valence-corrected chi connectivity index (χ2v) is 3.87. The van der Waals surface area contributed by atoms with Crippen molar-refractivity contribution in [2.45, 2.75) is 19.8 Å². The van der Waals surface area contributed by atoms with Crippen LogP contribution in [-0.2, 0) is 0 Å². The molecule has 1 heterocycles. The summed E-state index contributed by atoms with van der Waals surface area (Å²) in [6.45, 7) is 6.02. The lowest BCUT2D eigenvalue weighted by Gasteiger charge is -2.26. The number of nitrogens with one attached hydrogen (secondary N) is 1. The van der Waals surface area contributed by atoms with E-state index in [4.69, 9.17) is 0 Å². The molecule has 1 rings (SSSR count). The zero-order valence-corrected chi connectivity index (χ0v) is 7.98. The highest BCUT2D eigenvalue weighted by Gasteiger charge is 2.33. The molecular formula is C9H20N2. The highest BCUT2D eigenvalue weighted by molar-refractivity contribution is 4.88. The van der Waals surface area contributed by atoms with Crippen LogP contribution in [-0.4, -0.2) is 38.6 Å². The smallest absolute Gasteiger partial charge is 0.00475 e. The van der Waals surface area contributed by atoms with Gasteiger partial charge in [-0.2, -0.15) is 0 Å². The van der Waals surface area contributed by atoms with Gasteiger partial charge in [0.25, 0.3) is 0 Å². The molecule has 0 bridgehead atoms. The minimum Gasteiger partial charge on any atom is -0.319 e. The molecule has 1 atom stereocenters. The van der Waals surface area contributed by atoms with Crippen LogP contribution in [0, 0.1) is 5.41 Å². The van der Waals surface area contributed by atoms with Crippen molar-refractivity contribution in [2.75, 3.05) is 33.7 Å². The Bertz CT molecular complexity index is 121. The van der Waals surface area contributed by atoms with Crippen molar-refractivity contribution >= 4 is 0 Å². The Morgan fingerprint density at radius 2 is 2.27 bits per heavy atom. The van der Waals surface area contributed by atoms with Crippen molar-refractivity contribution < 1.29 is 0 Å². The van der Waals surface area contributed by atoms with Crippen LogP contribution in [0.15, 0.2) is 0 Å². The molecule has 2 nitrogen and oxygen atoms in total. The van der Waals surface area contributed by atoms with Gasteiger partial charge in [-0.1, -0.05) is 6.92 Å². The van der Waals surface area contributed by atoms with E-state index in [2.05, 4.69) is 31.2 Å². The summed E-state index contributed by atoms with van der Waals surface area (Å²) >= 11 is 0. The molecule has 1 fully saturated rings. The van der Waals surface area contributed by atoms with Gasteiger partial charge in [-0.25, -0.2) is 0 Å². The molecule has 0 aromatic rings. The number of rotatable bonds is 3. The van der Waals surface area contributed by atoms with E-state index < -0.39 is 0 Å². The van der Waals surface area contributed by atoms with Crippen molar-refractivity contribution in [1.29, 1.82) is 0 Å². The van der Waals surface area contributed by atoms with E-state index in [9.17, 15) is 0 Å². The van der Waals surface area contributed by atoms with Crippen LogP contribution < -0.4 is 5.32 Å². The zero-order chi connectivity index (χ0) is 8.32. The molecular weight excluding hydrogens is 136 g/mol. The van der Waals surface area contributed by atoms with Gasteiger partial charge >= 0.3 is 0 Å². The summed E-state index contributed by atoms with van der Waals surface area (Å²) in [5.74, 6) is 0. The first-order valence-corrected chi connectivity index (χ1v) is 4.55. The molecule has 0 radical (unpaired) electrons. The maximum absolute atomic E-state index is 3.30. The van der Waals surface area contributed by atoms with E-state index in [1.165, 1.54) is 32.5 Å². The molecule has 0 aromatic carbocycles. The Hall–Kier alpha value is -0.0800. The molecule has 1 saturated heterocycles. The predicted molar refractivity (Wildman–Crippen MR) is 48.8 cm³/mol. The molecule has 0 saturated carbocycles. The lowest BCUT2D eigenvalue weighted by molar-refractivity contribution is 0.265. The first-order chi connectivity index (χ1) is 5.22. The van der Waals surface area contributed by atoms with E-state index in [0.717, 1.165) is 0 Å². The highest BCUT2D eigenvalue weighted by atomic mass is 15.1. The lowest BCUT2D eigenvalue weighted by atomic mass is 9.84. The number of hydrogen-bond acceptors (Lipinski definition) is 2. The van der Waals surface area contributed by atoms with Crippen molar-refractivity contribution in [3.8, 4) is 0 Å². The predicted octanol–water partition coefficient (Wildman–Crippen LogP) is 0.938. The maximum atomic E-state index is 3.30. The summed E-state index contributed by atoms with van der Waals surface area (Å²) in [7, 11) is 4.27. The van der Waals surface area contributed by atoms with Crippen LogP contribution >= 0.6 is 0 Å². The Morgan fingerprint density at radius 3 is 2.64 bits per heavy atom. The summed E-state index contributed by atoms with van der Waals surface area (Å²) in [4.78, 5) is 2.43. The van der Waals surface area contributed by atoms with E-state index >= 15 is 0 Å². The van der Waals surface area contributed by atoms with Gasteiger partial charge < -0.3 is 10.2 Å². The molecule has 0 aliphatic carbocycles. The monoisotopic (exact) mass is 156 g/mol. The number of hydrogen-bond donors (Lipinski definition) is 1. The Labute approximate surface area is 70.0 Å². The average molecular weight is 156 g/mol. The highest BCUT2D eigenvalue weighted by Crippen LogP contribution is 2.31. The lowest BCUT2D eigenvalue weighted by Crippen LogP contribution is -2.34. The summed E-state index contributed by atoms with van der Waals surface area (Å²) < 4.78 is 0. The Balaban J connectivity index is 2.48. The van der Waals surface area contributed by atoms with E-state index in [0.29, 0.717) is 5.41 Å². The zero-order valence-electron chi connectivity index (χ0n) is 7.98. The fourth-order valence-electron chi connectivity index (χ4n) is 2.09. The average Bonchev–Trinajstić information content (AvgIpc) is 2.34. The second-order valence-electron chi connectivity index (χ2n) is 3.87. The molecule has 1 N–H and O–H groups in total. The van der Waals surface area contributed by atoms with Crippen molar-refractivity contribution in [3.05, 3.63) is 0 Å². The van der Waals surface area contributed by atoms with Gasteiger partial charge in [0.1, 0.15) is 0 Å². The summed E-state index contributed by atoms with van der Waals surface area (Å²) in [6, 6.07) is 0. The normalized spacial score (nSPS) is 33.0. The first kappa shape index (κ1) is 9.01. The fraction of sp³-hybridized carbons (Fsp3) is 1.00. The molecule has 0 spiro atoms. The Morgan fingerprint density at radius 1 is 1.55 bits per heavy atom. The van der Waals surface area contributed by atoms with Crippen LogP contribution in [0.3, 0.4) is 0 Å². The Kier molecular flexibility index (Phi) is 2.90. The maximum Gasteiger partial charge on any atom is 0.00475 e. The third kappa shape index (κ3) is 1.94. The largest absolute Gasteiger partial charge is 0.319 e. The molecule has 66 valence electrons. The van der Waals surface area contributed by atoms with Gasteiger partial charge in [-0.05, 0) is 38.9 Å². The van der Waals surface area contributed by atoms with Crippen LogP contribution in [0.5, 0.6) is 0 Å². The van der Waals surface area contributed by atoms with E-state index in [1.807, 2.05) is 0 Å². The van der Waals surface area contributed by atoms with Gasteiger partial charge in [0.05, 0.1) is 0 Å². The van der Waals surface area contributed by atoms with Crippen LogP contribution in [0.4, 0.5) is 0 Å². The van der Waals surface area contributed by atoms with Gasteiger partial charge in [-0.3, -0.25) is 0 Å². The van der Waals surface area contributed by atoms with Crippen LogP contribution in [0.1, 0.15) is 19.8 Å². The molecule has 0 amide bonds. The third-order valence-electron chi connectivity index (χ3n) is 2.93. The molecule has 1 aliphatic heterocycles. The molecule has 1 unspecified atom stereocenters. The van der Waals surface area contributed by atoms with Crippen molar-refractivity contribution in [2.24, 2.45) is 5.41 Å². The van der Waals surface area contributed by atoms with Crippen LogP contribution in [0.2, 0.25) is 0 Å². The van der Waals surface area contributed by atoms with Crippen molar-refractivity contribution in [3.63, 3.8) is 0 Å². The molecule has 1 aliphatic rings. The number of likely N-dealkylation sites (tertiary alicyclic amines) is 1. The third-order valence-corrected chi connectivity index (χ3v) is 2.93.